The minimum Gasteiger partial charge on any atom is -0.480 e. The van der Waals surface area contributed by atoms with Gasteiger partial charge in [0.25, 0.3) is 10.2 Å². The molecule has 106 valence electrons. The first kappa shape index (κ1) is 15.6. The smallest absolute Gasteiger partial charge is 0.320 e. The van der Waals surface area contributed by atoms with Crippen molar-refractivity contribution in [3.05, 3.63) is 35.9 Å². The van der Waals surface area contributed by atoms with Gasteiger partial charge in [0.2, 0.25) is 0 Å². The zero-order chi connectivity index (χ0) is 14.5. The second kappa shape index (κ2) is 6.62. The third kappa shape index (κ3) is 5.35. The van der Waals surface area contributed by atoms with Gasteiger partial charge in [-0.3, -0.25) is 4.79 Å². The van der Waals surface area contributed by atoms with Crippen molar-refractivity contribution in [2.24, 2.45) is 10.9 Å². The van der Waals surface area contributed by atoms with Crippen molar-refractivity contribution in [1.29, 1.82) is 0 Å². The summed E-state index contributed by atoms with van der Waals surface area (Å²) in [6.45, 7) is 0.0488. The van der Waals surface area contributed by atoms with Gasteiger partial charge in [-0.15, -0.1) is 0 Å². The Morgan fingerprint density at radius 2 is 1.89 bits per heavy atom. The molecular weight excluding hydrogens is 270 g/mol. The highest BCUT2D eigenvalue weighted by atomic mass is 32.2. The highest BCUT2D eigenvalue weighted by molar-refractivity contribution is 7.86. The van der Waals surface area contributed by atoms with Crippen LogP contribution in [0, 0.1) is 0 Å². The number of hydrogen-bond donors (Lipinski definition) is 3. The van der Waals surface area contributed by atoms with Crippen molar-refractivity contribution in [1.82, 2.24) is 4.31 Å². The lowest BCUT2D eigenvalue weighted by molar-refractivity contribution is -0.138. The highest BCUT2D eigenvalue weighted by Crippen LogP contribution is 2.08. The lowest BCUT2D eigenvalue weighted by atomic mass is 10.2. The van der Waals surface area contributed by atoms with Crippen LogP contribution in [-0.4, -0.2) is 36.4 Å². The molecule has 1 atom stereocenters. The number of benzene rings is 1. The van der Waals surface area contributed by atoms with E-state index in [1.165, 1.54) is 0 Å². The van der Waals surface area contributed by atoms with Crippen LogP contribution < -0.4 is 10.9 Å². The molecule has 1 aromatic rings. The molecule has 0 aliphatic carbocycles. The van der Waals surface area contributed by atoms with Crippen LogP contribution in [0.5, 0.6) is 0 Å². The van der Waals surface area contributed by atoms with Crippen LogP contribution in [0.15, 0.2) is 30.3 Å². The maximum absolute atomic E-state index is 11.4. The minimum atomic E-state index is -3.90. The van der Waals surface area contributed by atoms with Crippen molar-refractivity contribution in [3.8, 4) is 0 Å². The average molecular weight is 287 g/mol. The van der Waals surface area contributed by atoms with Crippen LogP contribution >= 0.6 is 0 Å². The van der Waals surface area contributed by atoms with E-state index in [0.29, 0.717) is 0 Å². The van der Waals surface area contributed by atoms with Gasteiger partial charge in [-0.05, 0) is 12.0 Å². The summed E-state index contributed by atoms with van der Waals surface area (Å²) in [6, 6.07) is 7.77. The third-order valence-electron chi connectivity index (χ3n) is 2.57. The van der Waals surface area contributed by atoms with Gasteiger partial charge in [-0.25, -0.2) is 5.14 Å². The Bertz CT molecular complexity index is 518. The average Bonchev–Trinajstić information content (AvgIpc) is 2.33. The Hall–Kier alpha value is -1.48. The summed E-state index contributed by atoms with van der Waals surface area (Å²) in [4.78, 5) is 10.6. The van der Waals surface area contributed by atoms with E-state index in [9.17, 15) is 13.2 Å². The van der Waals surface area contributed by atoms with Gasteiger partial charge >= 0.3 is 5.97 Å². The fraction of sp³-hybridized carbons (Fsp3) is 0.364. The predicted molar refractivity (Wildman–Crippen MR) is 70.2 cm³/mol. The minimum absolute atomic E-state index is 0.00139. The molecule has 0 aliphatic rings. The molecule has 0 fully saturated rings. The van der Waals surface area contributed by atoms with E-state index in [2.05, 4.69) is 0 Å². The van der Waals surface area contributed by atoms with E-state index in [0.717, 1.165) is 9.87 Å². The first-order valence-electron chi connectivity index (χ1n) is 5.61. The van der Waals surface area contributed by atoms with Crippen molar-refractivity contribution in [3.63, 3.8) is 0 Å². The first-order chi connectivity index (χ1) is 8.80. The van der Waals surface area contributed by atoms with Gasteiger partial charge in [-0.2, -0.15) is 12.7 Å². The second-order valence-corrected chi connectivity index (χ2v) is 5.64. The molecule has 5 N–H and O–H groups in total. The van der Waals surface area contributed by atoms with Gasteiger partial charge in [0.05, 0.1) is 0 Å². The van der Waals surface area contributed by atoms with Crippen LogP contribution in [0.25, 0.3) is 0 Å². The number of carboxylic acids is 1. The largest absolute Gasteiger partial charge is 0.480 e. The van der Waals surface area contributed by atoms with E-state index in [1.807, 2.05) is 6.07 Å². The van der Waals surface area contributed by atoms with Crippen molar-refractivity contribution >= 4 is 16.2 Å². The van der Waals surface area contributed by atoms with Gasteiger partial charge in [0.1, 0.15) is 6.04 Å². The van der Waals surface area contributed by atoms with Crippen molar-refractivity contribution in [2.75, 3.05) is 6.54 Å². The molecule has 0 saturated carbocycles. The first-order valence-corrected chi connectivity index (χ1v) is 7.11. The molecule has 0 bridgehead atoms. The second-order valence-electron chi connectivity index (χ2n) is 4.10. The number of aliphatic carboxylic acids is 1. The molecule has 0 amide bonds. The molecule has 8 heteroatoms. The number of carboxylic acid groups (broad SMARTS) is 1. The van der Waals surface area contributed by atoms with Crippen LogP contribution in [-0.2, 0) is 21.5 Å². The Labute approximate surface area is 112 Å². The standard InChI is InChI=1S/C11H17N3O4S/c12-10(11(15)16)6-7-14(19(13,17)18)8-9-4-2-1-3-5-9/h1-5,10H,6-8,12H2,(H,15,16)(H2,13,17,18). The Balaban J connectivity index is 2.72. The summed E-state index contributed by atoms with van der Waals surface area (Å²) in [7, 11) is -3.90. The van der Waals surface area contributed by atoms with E-state index in [4.69, 9.17) is 16.0 Å². The monoisotopic (exact) mass is 287 g/mol. The molecule has 0 aliphatic heterocycles. The number of carbonyl (C=O) groups is 1. The summed E-state index contributed by atoms with van der Waals surface area (Å²) < 4.78 is 23.9. The molecule has 0 radical (unpaired) electrons. The van der Waals surface area contributed by atoms with Gasteiger partial charge in [0, 0.05) is 13.1 Å². The maximum Gasteiger partial charge on any atom is 0.320 e. The Morgan fingerprint density at radius 1 is 1.32 bits per heavy atom. The molecule has 7 nitrogen and oxygen atoms in total. The van der Waals surface area contributed by atoms with E-state index in [1.54, 1.807) is 24.3 Å². The summed E-state index contributed by atoms with van der Waals surface area (Å²) in [5.41, 5.74) is 6.10. The molecule has 0 saturated heterocycles. The zero-order valence-corrected chi connectivity index (χ0v) is 11.1. The number of hydrogen-bond acceptors (Lipinski definition) is 4. The molecule has 0 spiro atoms. The zero-order valence-electron chi connectivity index (χ0n) is 10.3. The molecule has 1 unspecified atom stereocenters. The normalized spacial score (nSPS) is 13.4. The van der Waals surface area contributed by atoms with Gasteiger partial charge in [0.15, 0.2) is 0 Å². The molecule has 0 heterocycles. The molecule has 19 heavy (non-hydrogen) atoms. The van der Waals surface area contributed by atoms with E-state index < -0.39 is 22.2 Å². The van der Waals surface area contributed by atoms with Crippen molar-refractivity contribution in [2.45, 2.75) is 19.0 Å². The molecule has 1 aromatic carbocycles. The lowest BCUT2D eigenvalue weighted by Gasteiger charge is -2.20. The fourth-order valence-corrected chi connectivity index (χ4v) is 2.18. The molecule has 1 rings (SSSR count). The van der Waals surface area contributed by atoms with Crippen LogP contribution in [0.3, 0.4) is 0 Å². The summed E-state index contributed by atoms with van der Waals surface area (Å²) in [5, 5.41) is 13.8. The number of nitrogens with two attached hydrogens (primary N) is 2. The fourth-order valence-electron chi connectivity index (χ4n) is 1.49. The van der Waals surface area contributed by atoms with Gasteiger partial charge in [-0.1, -0.05) is 30.3 Å². The summed E-state index contributed by atoms with van der Waals surface area (Å²) >= 11 is 0. The predicted octanol–water partition coefficient (Wildman–Crippen LogP) is -0.506. The van der Waals surface area contributed by atoms with E-state index in [-0.39, 0.29) is 19.5 Å². The third-order valence-corrected chi connectivity index (χ3v) is 3.60. The van der Waals surface area contributed by atoms with Crippen LogP contribution in [0.4, 0.5) is 0 Å². The topological polar surface area (TPSA) is 127 Å². The van der Waals surface area contributed by atoms with E-state index >= 15 is 0 Å². The SMILES string of the molecule is NC(CCN(Cc1ccccc1)S(N)(=O)=O)C(=O)O. The van der Waals surface area contributed by atoms with Crippen molar-refractivity contribution < 1.29 is 18.3 Å². The molecule has 0 aromatic heterocycles. The summed E-state index contributed by atoms with van der Waals surface area (Å²) in [5.74, 6) is -1.17. The number of rotatable bonds is 7. The van der Waals surface area contributed by atoms with Crippen LogP contribution in [0.2, 0.25) is 0 Å². The van der Waals surface area contributed by atoms with Gasteiger partial charge < -0.3 is 10.8 Å². The number of nitrogens with zero attached hydrogens (tertiary/aromatic N) is 1. The maximum atomic E-state index is 11.4. The quantitative estimate of drug-likeness (QED) is 0.622. The Kier molecular flexibility index (Phi) is 5.43. The Morgan fingerprint density at radius 3 is 2.37 bits per heavy atom. The van der Waals surface area contributed by atoms with Crippen LogP contribution in [0.1, 0.15) is 12.0 Å². The lowest BCUT2D eigenvalue weighted by Crippen LogP contribution is -2.40. The summed E-state index contributed by atoms with van der Waals surface area (Å²) in [6.07, 6.45) is -0.00139. The molecular formula is C11H17N3O4S. The highest BCUT2D eigenvalue weighted by Gasteiger charge is 2.20.